The van der Waals surface area contributed by atoms with E-state index in [9.17, 15) is 4.79 Å². The van der Waals surface area contributed by atoms with Gasteiger partial charge in [0.25, 0.3) is 0 Å². The van der Waals surface area contributed by atoms with Gasteiger partial charge in [-0.1, -0.05) is 36.4 Å². The molecule has 4 rings (SSSR count). The van der Waals surface area contributed by atoms with Gasteiger partial charge in [-0.2, -0.15) is 0 Å². The van der Waals surface area contributed by atoms with Gasteiger partial charge in [-0.3, -0.25) is 9.78 Å². The number of benzene rings is 2. The molecule has 2 aromatic carbocycles. The standard InChI is InChI=1S/C22H23N3O/c1-22(11-4-14-25(22)20-9-12-23-13-10-20)21(26)24-16-17-7-8-18-5-2-3-6-19(18)15-17/h2-3,5-10,12-13,15H,4,11,14,16H2,1H3,(H,24,26)/t22-/m0/s1. The molecule has 1 fully saturated rings. The normalized spacial score (nSPS) is 19.7. The lowest BCUT2D eigenvalue weighted by Crippen LogP contribution is -2.53. The van der Waals surface area contributed by atoms with Crippen LogP contribution in [0, 0.1) is 0 Å². The molecule has 4 nitrogen and oxygen atoms in total. The zero-order valence-corrected chi connectivity index (χ0v) is 15.0. The molecule has 26 heavy (non-hydrogen) atoms. The summed E-state index contributed by atoms with van der Waals surface area (Å²) in [6.07, 6.45) is 5.43. The van der Waals surface area contributed by atoms with Crippen LogP contribution in [0.15, 0.2) is 67.0 Å². The molecule has 3 aromatic rings. The van der Waals surface area contributed by atoms with E-state index < -0.39 is 5.54 Å². The lowest BCUT2D eigenvalue weighted by Gasteiger charge is -2.35. The highest BCUT2D eigenvalue weighted by Gasteiger charge is 2.43. The van der Waals surface area contributed by atoms with Gasteiger partial charge in [0.2, 0.25) is 5.91 Å². The van der Waals surface area contributed by atoms with Crippen LogP contribution < -0.4 is 10.2 Å². The van der Waals surface area contributed by atoms with Gasteiger partial charge >= 0.3 is 0 Å². The predicted molar refractivity (Wildman–Crippen MR) is 105 cm³/mol. The van der Waals surface area contributed by atoms with E-state index in [4.69, 9.17) is 0 Å². The summed E-state index contributed by atoms with van der Waals surface area (Å²) in [5, 5.41) is 5.57. The summed E-state index contributed by atoms with van der Waals surface area (Å²) in [5.74, 6) is 0.0833. The Morgan fingerprint density at radius 3 is 2.69 bits per heavy atom. The molecule has 2 heterocycles. The minimum Gasteiger partial charge on any atom is -0.357 e. The Kier molecular flexibility index (Phi) is 4.33. The van der Waals surface area contributed by atoms with Crippen molar-refractivity contribution in [3.8, 4) is 0 Å². The highest BCUT2D eigenvalue weighted by molar-refractivity contribution is 5.90. The van der Waals surface area contributed by atoms with Crippen molar-refractivity contribution in [2.24, 2.45) is 0 Å². The second kappa shape index (κ2) is 6.79. The van der Waals surface area contributed by atoms with Crippen LogP contribution in [0.5, 0.6) is 0 Å². The molecule has 1 N–H and O–H groups in total. The molecule has 1 amide bonds. The summed E-state index contributed by atoms with van der Waals surface area (Å²) in [7, 11) is 0. The van der Waals surface area contributed by atoms with E-state index in [1.54, 1.807) is 12.4 Å². The van der Waals surface area contributed by atoms with Crippen molar-refractivity contribution in [3.05, 3.63) is 72.6 Å². The molecular weight excluding hydrogens is 322 g/mol. The number of pyridine rings is 1. The number of carbonyl (C=O) groups is 1. The first-order valence-electron chi connectivity index (χ1n) is 9.10. The number of fused-ring (bicyclic) bond motifs is 1. The molecule has 1 aromatic heterocycles. The van der Waals surface area contributed by atoms with Gasteiger partial charge in [0.15, 0.2) is 0 Å². The van der Waals surface area contributed by atoms with Crippen molar-refractivity contribution < 1.29 is 4.79 Å². The van der Waals surface area contributed by atoms with Crippen molar-refractivity contribution in [1.82, 2.24) is 10.3 Å². The van der Waals surface area contributed by atoms with Crippen molar-refractivity contribution in [2.75, 3.05) is 11.4 Å². The minimum absolute atomic E-state index is 0.0833. The maximum Gasteiger partial charge on any atom is 0.245 e. The SMILES string of the molecule is C[C@@]1(C(=O)NCc2ccc3ccccc3c2)CCCN1c1ccncc1. The van der Waals surface area contributed by atoms with E-state index in [2.05, 4.69) is 45.5 Å². The quantitative estimate of drug-likeness (QED) is 0.780. The largest absolute Gasteiger partial charge is 0.357 e. The molecule has 132 valence electrons. The van der Waals surface area contributed by atoms with E-state index in [0.717, 1.165) is 30.6 Å². The van der Waals surface area contributed by atoms with Gasteiger partial charge < -0.3 is 10.2 Å². The molecule has 1 aliphatic rings. The van der Waals surface area contributed by atoms with Crippen LogP contribution in [-0.2, 0) is 11.3 Å². The molecule has 0 unspecified atom stereocenters. The number of rotatable bonds is 4. The molecule has 0 saturated carbocycles. The van der Waals surface area contributed by atoms with Gasteiger partial charge in [0, 0.05) is 31.2 Å². The number of hydrogen-bond donors (Lipinski definition) is 1. The highest BCUT2D eigenvalue weighted by atomic mass is 16.2. The summed E-state index contributed by atoms with van der Waals surface area (Å²) in [5.41, 5.74) is 1.66. The monoisotopic (exact) mass is 345 g/mol. The van der Waals surface area contributed by atoms with Crippen LogP contribution in [0.3, 0.4) is 0 Å². The molecule has 1 aliphatic heterocycles. The number of carbonyl (C=O) groups excluding carboxylic acids is 1. The van der Waals surface area contributed by atoms with E-state index in [1.165, 1.54) is 10.8 Å². The molecule has 4 heteroatoms. The van der Waals surface area contributed by atoms with Crippen LogP contribution in [0.2, 0.25) is 0 Å². The number of nitrogens with one attached hydrogen (secondary N) is 1. The number of hydrogen-bond acceptors (Lipinski definition) is 3. The Labute approximate surface area is 153 Å². The fraction of sp³-hybridized carbons (Fsp3) is 0.273. The Balaban J connectivity index is 1.49. The maximum absolute atomic E-state index is 13.0. The van der Waals surface area contributed by atoms with Crippen LogP contribution in [0.1, 0.15) is 25.3 Å². The van der Waals surface area contributed by atoms with Gasteiger partial charge in [-0.25, -0.2) is 0 Å². The van der Waals surface area contributed by atoms with Crippen LogP contribution in [0.25, 0.3) is 10.8 Å². The molecule has 1 saturated heterocycles. The smallest absolute Gasteiger partial charge is 0.245 e. The second-order valence-electron chi connectivity index (χ2n) is 7.10. The Hall–Kier alpha value is -2.88. The van der Waals surface area contributed by atoms with Crippen LogP contribution >= 0.6 is 0 Å². The van der Waals surface area contributed by atoms with Crippen molar-refractivity contribution in [1.29, 1.82) is 0 Å². The third-order valence-electron chi connectivity index (χ3n) is 5.37. The highest BCUT2D eigenvalue weighted by Crippen LogP contribution is 2.34. The third-order valence-corrected chi connectivity index (χ3v) is 5.37. The average Bonchev–Trinajstić information content (AvgIpc) is 3.09. The minimum atomic E-state index is -0.516. The van der Waals surface area contributed by atoms with Gasteiger partial charge in [-0.15, -0.1) is 0 Å². The van der Waals surface area contributed by atoms with Gasteiger partial charge in [0.05, 0.1) is 0 Å². The molecule has 0 aliphatic carbocycles. The summed E-state index contributed by atoms with van der Waals surface area (Å²) in [6.45, 7) is 3.48. The van der Waals surface area contributed by atoms with Crippen molar-refractivity contribution in [3.63, 3.8) is 0 Å². The zero-order chi connectivity index (χ0) is 18.0. The van der Waals surface area contributed by atoms with Crippen LogP contribution in [0.4, 0.5) is 5.69 Å². The molecule has 0 spiro atoms. The maximum atomic E-state index is 13.0. The first-order chi connectivity index (χ1) is 12.7. The summed E-state index contributed by atoms with van der Waals surface area (Å²) in [6, 6.07) is 18.6. The second-order valence-corrected chi connectivity index (χ2v) is 7.10. The number of nitrogens with zero attached hydrogens (tertiary/aromatic N) is 2. The molecule has 0 radical (unpaired) electrons. The summed E-state index contributed by atoms with van der Waals surface area (Å²) in [4.78, 5) is 19.3. The molecule has 1 atom stereocenters. The van der Waals surface area contributed by atoms with Gasteiger partial charge in [0.1, 0.15) is 5.54 Å². The van der Waals surface area contributed by atoms with Gasteiger partial charge in [-0.05, 0) is 54.3 Å². The first-order valence-corrected chi connectivity index (χ1v) is 9.10. The third kappa shape index (κ3) is 3.03. The average molecular weight is 345 g/mol. The molecule has 0 bridgehead atoms. The fourth-order valence-corrected chi connectivity index (χ4v) is 3.86. The summed E-state index contributed by atoms with van der Waals surface area (Å²) >= 11 is 0. The van der Waals surface area contributed by atoms with E-state index in [1.807, 2.05) is 31.2 Å². The van der Waals surface area contributed by atoms with E-state index in [-0.39, 0.29) is 5.91 Å². The number of anilines is 1. The lowest BCUT2D eigenvalue weighted by atomic mass is 9.97. The van der Waals surface area contributed by atoms with Crippen molar-refractivity contribution >= 4 is 22.4 Å². The van der Waals surface area contributed by atoms with E-state index >= 15 is 0 Å². The van der Waals surface area contributed by atoms with E-state index in [0.29, 0.717) is 6.54 Å². The number of aromatic nitrogens is 1. The lowest BCUT2D eigenvalue weighted by molar-refractivity contribution is -0.125. The fourth-order valence-electron chi connectivity index (χ4n) is 3.86. The summed E-state index contributed by atoms with van der Waals surface area (Å²) < 4.78 is 0. The van der Waals surface area contributed by atoms with Crippen molar-refractivity contribution in [2.45, 2.75) is 31.8 Å². The molecular formula is C22H23N3O. The topological polar surface area (TPSA) is 45.2 Å². The Morgan fingerprint density at radius 2 is 1.88 bits per heavy atom. The van der Waals surface area contributed by atoms with Crippen LogP contribution in [-0.4, -0.2) is 23.0 Å². The number of amides is 1. The zero-order valence-electron chi connectivity index (χ0n) is 15.0. The Bertz CT molecular complexity index is 925. The first kappa shape index (κ1) is 16.6. The Morgan fingerprint density at radius 1 is 1.12 bits per heavy atom. The predicted octanol–water partition coefficient (Wildman–Crippen LogP) is 3.91.